The van der Waals surface area contributed by atoms with Gasteiger partial charge in [-0.1, -0.05) is 6.07 Å². The maximum atomic E-state index is 11.1. The van der Waals surface area contributed by atoms with Crippen LogP contribution in [-0.2, 0) is 0 Å². The largest absolute Gasteiger partial charge is 0.494 e. The maximum Gasteiger partial charge on any atom is 0.267 e. The topological polar surface area (TPSA) is 77.2 Å². The lowest BCUT2D eigenvalue weighted by molar-refractivity contribution is 0.0996. The average Bonchev–Trinajstić information content (AvgIpc) is 2.55. The van der Waals surface area contributed by atoms with E-state index in [4.69, 9.17) is 10.5 Å². The summed E-state index contributed by atoms with van der Waals surface area (Å²) in [6.45, 7) is 2.98. The number of amides is 1. The second kappa shape index (κ2) is 6.75. The Kier molecular flexibility index (Phi) is 4.53. The highest BCUT2D eigenvalue weighted by Gasteiger charge is 2.12. The van der Waals surface area contributed by atoms with Gasteiger partial charge in [0.2, 0.25) is 0 Å². The van der Waals surface area contributed by atoms with E-state index in [2.05, 4.69) is 10.3 Å². The zero-order valence-electron chi connectivity index (χ0n) is 12.5. The molecule has 1 saturated heterocycles. The van der Waals surface area contributed by atoms with E-state index >= 15 is 0 Å². The van der Waals surface area contributed by atoms with E-state index in [-0.39, 0.29) is 5.69 Å². The van der Waals surface area contributed by atoms with E-state index in [0.717, 1.165) is 48.7 Å². The summed E-state index contributed by atoms with van der Waals surface area (Å²) in [7, 11) is 0. The van der Waals surface area contributed by atoms with Crippen molar-refractivity contribution in [2.75, 3.05) is 19.7 Å². The molecular weight excluding hydrogens is 278 g/mol. The number of benzene rings is 1. The van der Waals surface area contributed by atoms with Gasteiger partial charge in [-0.25, -0.2) is 4.98 Å². The summed E-state index contributed by atoms with van der Waals surface area (Å²) in [5.41, 5.74) is 6.28. The summed E-state index contributed by atoms with van der Waals surface area (Å²) in [5, 5.41) is 4.32. The molecule has 0 spiro atoms. The molecule has 22 heavy (non-hydrogen) atoms. The molecule has 0 aliphatic carbocycles. The van der Waals surface area contributed by atoms with Crippen LogP contribution in [0, 0.1) is 5.92 Å². The lowest BCUT2D eigenvalue weighted by Crippen LogP contribution is -2.28. The standard InChI is InChI=1S/C17H21N3O2/c18-17(21)16-3-1-13-11-14(2-4-15(13)20-16)22-10-7-12-5-8-19-9-6-12/h1-4,11-12,19H,5-10H2,(H2,18,21). The lowest BCUT2D eigenvalue weighted by atomic mass is 9.95. The van der Waals surface area contributed by atoms with Gasteiger partial charge >= 0.3 is 0 Å². The van der Waals surface area contributed by atoms with Crippen LogP contribution in [-0.4, -0.2) is 30.6 Å². The van der Waals surface area contributed by atoms with Crippen LogP contribution < -0.4 is 15.8 Å². The quantitative estimate of drug-likeness (QED) is 0.886. The van der Waals surface area contributed by atoms with Gasteiger partial charge in [0.15, 0.2) is 0 Å². The second-order valence-corrected chi connectivity index (χ2v) is 5.75. The fourth-order valence-electron chi connectivity index (χ4n) is 2.84. The van der Waals surface area contributed by atoms with E-state index in [0.29, 0.717) is 0 Å². The van der Waals surface area contributed by atoms with Crippen LogP contribution in [0.15, 0.2) is 30.3 Å². The van der Waals surface area contributed by atoms with Crippen molar-refractivity contribution in [3.8, 4) is 5.75 Å². The third-order valence-corrected chi connectivity index (χ3v) is 4.17. The van der Waals surface area contributed by atoms with Crippen LogP contribution in [0.4, 0.5) is 0 Å². The summed E-state index contributed by atoms with van der Waals surface area (Å²) in [4.78, 5) is 15.4. The van der Waals surface area contributed by atoms with Gasteiger partial charge in [-0.15, -0.1) is 0 Å². The highest BCUT2D eigenvalue weighted by molar-refractivity contribution is 5.93. The van der Waals surface area contributed by atoms with Crippen molar-refractivity contribution < 1.29 is 9.53 Å². The van der Waals surface area contributed by atoms with E-state index in [1.165, 1.54) is 12.8 Å². The summed E-state index contributed by atoms with van der Waals surface area (Å²) < 4.78 is 5.85. The number of carbonyl (C=O) groups excluding carboxylic acids is 1. The zero-order valence-corrected chi connectivity index (χ0v) is 12.5. The Morgan fingerprint density at radius 1 is 1.27 bits per heavy atom. The van der Waals surface area contributed by atoms with Crippen LogP contribution in [0.1, 0.15) is 29.8 Å². The number of ether oxygens (including phenoxy) is 1. The summed E-state index contributed by atoms with van der Waals surface area (Å²) in [5.74, 6) is 1.10. The van der Waals surface area contributed by atoms with Crippen LogP contribution >= 0.6 is 0 Å². The monoisotopic (exact) mass is 299 g/mol. The molecule has 2 heterocycles. The lowest BCUT2D eigenvalue weighted by Gasteiger charge is -2.22. The summed E-state index contributed by atoms with van der Waals surface area (Å²) in [6, 6.07) is 9.20. The third-order valence-electron chi connectivity index (χ3n) is 4.17. The normalized spacial score (nSPS) is 15.8. The molecule has 0 atom stereocenters. The molecule has 5 nitrogen and oxygen atoms in total. The van der Waals surface area contributed by atoms with Crippen molar-refractivity contribution >= 4 is 16.8 Å². The molecule has 5 heteroatoms. The Bertz CT molecular complexity index is 666. The fraction of sp³-hybridized carbons (Fsp3) is 0.412. The number of nitrogens with zero attached hydrogens (tertiary/aromatic N) is 1. The van der Waals surface area contributed by atoms with Crippen LogP contribution in [0.25, 0.3) is 10.9 Å². The Morgan fingerprint density at radius 2 is 2.09 bits per heavy atom. The Hall–Kier alpha value is -2.14. The average molecular weight is 299 g/mol. The molecular formula is C17H21N3O2. The number of nitrogens with one attached hydrogen (secondary N) is 1. The molecule has 0 saturated carbocycles. The number of rotatable bonds is 5. The maximum absolute atomic E-state index is 11.1. The smallest absolute Gasteiger partial charge is 0.267 e. The Morgan fingerprint density at radius 3 is 2.86 bits per heavy atom. The molecule has 116 valence electrons. The molecule has 0 unspecified atom stereocenters. The highest BCUT2D eigenvalue weighted by Crippen LogP contribution is 2.21. The van der Waals surface area contributed by atoms with Gasteiger partial charge in [0, 0.05) is 5.39 Å². The minimum absolute atomic E-state index is 0.284. The fourth-order valence-corrected chi connectivity index (χ4v) is 2.84. The van der Waals surface area contributed by atoms with Gasteiger partial charge < -0.3 is 15.8 Å². The van der Waals surface area contributed by atoms with Crippen LogP contribution in [0.3, 0.4) is 0 Å². The molecule has 3 N–H and O–H groups in total. The van der Waals surface area contributed by atoms with Crippen molar-refractivity contribution in [3.05, 3.63) is 36.0 Å². The Labute approximate surface area is 129 Å². The second-order valence-electron chi connectivity index (χ2n) is 5.75. The van der Waals surface area contributed by atoms with Crippen molar-refractivity contribution in [2.45, 2.75) is 19.3 Å². The zero-order chi connectivity index (χ0) is 15.4. The predicted molar refractivity (Wildman–Crippen MR) is 86.0 cm³/mol. The van der Waals surface area contributed by atoms with Crippen molar-refractivity contribution in [3.63, 3.8) is 0 Å². The first-order valence-corrected chi connectivity index (χ1v) is 7.76. The number of aromatic nitrogens is 1. The van der Waals surface area contributed by atoms with Crippen LogP contribution in [0.5, 0.6) is 5.75 Å². The van der Waals surface area contributed by atoms with E-state index in [1.54, 1.807) is 6.07 Å². The van der Waals surface area contributed by atoms with Crippen molar-refractivity contribution in [1.82, 2.24) is 10.3 Å². The molecule has 1 aromatic carbocycles. The Balaban J connectivity index is 1.62. The van der Waals surface area contributed by atoms with Crippen molar-refractivity contribution in [2.24, 2.45) is 11.7 Å². The van der Waals surface area contributed by atoms with Gasteiger partial charge in [-0.3, -0.25) is 4.79 Å². The molecule has 1 aliphatic rings. The highest BCUT2D eigenvalue weighted by atomic mass is 16.5. The van der Waals surface area contributed by atoms with E-state index in [9.17, 15) is 4.79 Å². The molecule has 0 bridgehead atoms. The summed E-state index contributed by atoms with van der Waals surface area (Å²) in [6.07, 6.45) is 3.57. The predicted octanol–water partition coefficient (Wildman–Crippen LogP) is 2.10. The number of nitrogens with two attached hydrogens (primary N) is 1. The summed E-state index contributed by atoms with van der Waals surface area (Å²) >= 11 is 0. The van der Waals surface area contributed by atoms with Gasteiger partial charge in [-0.2, -0.15) is 0 Å². The molecule has 0 radical (unpaired) electrons. The first-order valence-electron chi connectivity index (χ1n) is 7.76. The third kappa shape index (κ3) is 3.54. The van der Waals surface area contributed by atoms with E-state index in [1.807, 2.05) is 24.3 Å². The number of primary amides is 1. The molecule has 1 aromatic heterocycles. The first kappa shape index (κ1) is 14.8. The first-order chi connectivity index (χ1) is 10.7. The molecule has 1 fully saturated rings. The number of carbonyl (C=O) groups is 1. The molecule has 3 rings (SSSR count). The number of piperidine rings is 1. The number of fused-ring (bicyclic) bond motifs is 1. The number of pyridine rings is 1. The van der Waals surface area contributed by atoms with Crippen molar-refractivity contribution in [1.29, 1.82) is 0 Å². The minimum Gasteiger partial charge on any atom is -0.494 e. The number of hydrogen-bond acceptors (Lipinski definition) is 4. The molecule has 1 amide bonds. The number of hydrogen-bond donors (Lipinski definition) is 2. The van der Waals surface area contributed by atoms with E-state index < -0.39 is 5.91 Å². The minimum atomic E-state index is -0.510. The van der Waals surface area contributed by atoms with Crippen LogP contribution in [0.2, 0.25) is 0 Å². The molecule has 2 aromatic rings. The van der Waals surface area contributed by atoms with Gasteiger partial charge in [0.1, 0.15) is 11.4 Å². The van der Waals surface area contributed by atoms with Gasteiger partial charge in [-0.05, 0) is 62.5 Å². The van der Waals surface area contributed by atoms with Gasteiger partial charge in [0.05, 0.1) is 12.1 Å². The molecule has 1 aliphatic heterocycles. The SMILES string of the molecule is NC(=O)c1ccc2cc(OCCC3CCNCC3)ccc2n1. The van der Waals surface area contributed by atoms with Gasteiger partial charge in [0.25, 0.3) is 5.91 Å².